The van der Waals surface area contributed by atoms with Gasteiger partial charge in [-0.15, -0.1) is 0 Å². The van der Waals surface area contributed by atoms with E-state index in [9.17, 15) is 9.59 Å². The lowest BCUT2D eigenvalue weighted by Gasteiger charge is -2.16. The summed E-state index contributed by atoms with van der Waals surface area (Å²) in [6, 6.07) is 7.96. The van der Waals surface area contributed by atoms with E-state index in [2.05, 4.69) is 15.6 Å². The molecule has 26 heavy (non-hydrogen) atoms. The van der Waals surface area contributed by atoms with E-state index in [0.29, 0.717) is 31.9 Å². The first-order chi connectivity index (χ1) is 12.5. The van der Waals surface area contributed by atoms with Gasteiger partial charge in [-0.2, -0.15) is 0 Å². The van der Waals surface area contributed by atoms with Crippen LogP contribution < -0.4 is 15.5 Å². The maximum Gasteiger partial charge on any atom is 0.227 e. The first-order valence-electron chi connectivity index (χ1n) is 9.13. The summed E-state index contributed by atoms with van der Waals surface area (Å²) in [5.41, 5.74) is 2.02. The lowest BCUT2D eigenvalue weighted by atomic mass is 10.2. The summed E-state index contributed by atoms with van der Waals surface area (Å²) in [4.78, 5) is 31.4. The van der Waals surface area contributed by atoms with Gasteiger partial charge >= 0.3 is 0 Å². The Morgan fingerprint density at radius 2 is 1.96 bits per heavy atom. The Morgan fingerprint density at radius 1 is 1.23 bits per heavy atom. The number of hydrogen-bond acceptors (Lipinski definition) is 3. The zero-order valence-electron chi connectivity index (χ0n) is 15.9. The van der Waals surface area contributed by atoms with E-state index in [1.54, 1.807) is 19.0 Å². The smallest absolute Gasteiger partial charge is 0.227 e. The van der Waals surface area contributed by atoms with Crippen LogP contribution in [-0.4, -0.2) is 56.4 Å². The summed E-state index contributed by atoms with van der Waals surface area (Å²) in [5, 5.41) is 6.36. The molecular formula is C19H29N5O2. The Morgan fingerprint density at radius 3 is 2.54 bits per heavy atom. The van der Waals surface area contributed by atoms with Gasteiger partial charge in [-0.3, -0.25) is 9.59 Å². The fourth-order valence-electron chi connectivity index (χ4n) is 2.73. The fraction of sp³-hybridized carbons (Fsp3) is 0.526. The van der Waals surface area contributed by atoms with Gasteiger partial charge in [-0.25, -0.2) is 4.99 Å². The molecule has 2 N–H and O–H groups in total. The molecular weight excluding hydrogens is 330 g/mol. The summed E-state index contributed by atoms with van der Waals surface area (Å²) < 4.78 is 0. The molecule has 1 aliphatic rings. The van der Waals surface area contributed by atoms with Gasteiger partial charge < -0.3 is 20.4 Å². The number of guanidine groups is 1. The first-order valence-corrected chi connectivity index (χ1v) is 9.13. The molecule has 7 heteroatoms. The fourth-order valence-corrected chi connectivity index (χ4v) is 2.73. The molecule has 2 amide bonds. The van der Waals surface area contributed by atoms with E-state index >= 15 is 0 Å². The third-order valence-corrected chi connectivity index (χ3v) is 4.22. The van der Waals surface area contributed by atoms with E-state index in [1.807, 2.05) is 36.1 Å². The summed E-state index contributed by atoms with van der Waals surface area (Å²) in [6.07, 6.45) is 2.00. The van der Waals surface area contributed by atoms with Crippen molar-refractivity contribution >= 4 is 23.5 Å². The standard InChI is InChI=1S/C19H29N5O2/c1-4-20-19(21-12-11-17(25)23(2)3)22-14-15-7-9-16(10-8-15)24-13-5-6-18(24)26/h7-10H,4-6,11-14H2,1-3H3,(H2,20,21,22). The second-order valence-corrected chi connectivity index (χ2v) is 6.48. The molecule has 0 spiro atoms. The summed E-state index contributed by atoms with van der Waals surface area (Å²) in [6.45, 7) is 4.63. The van der Waals surface area contributed by atoms with Gasteiger partial charge in [0.15, 0.2) is 5.96 Å². The van der Waals surface area contributed by atoms with Gasteiger partial charge in [0, 0.05) is 52.3 Å². The Hall–Kier alpha value is -2.57. The Bertz CT molecular complexity index is 640. The normalized spacial score (nSPS) is 14.5. The van der Waals surface area contributed by atoms with Gasteiger partial charge in [-0.05, 0) is 31.0 Å². The number of aliphatic imine (C=N–C) groups is 1. The SMILES string of the molecule is CCNC(=NCc1ccc(N2CCCC2=O)cc1)NCCC(=O)N(C)C. The number of hydrogen-bond donors (Lipinski definition) is 2. The van der Waals surface area contributed by atoms with Crippen molar-refractivity contribution in [3.05, 3.63) is 29.8 Å². The Kier molecular flexibility index (Phi) is 7.44. The number of carbonyl (C=O) groups excluding carboxylic acids is 2. The molecule has 1 aromatic rings. The van der Waals surface area contributed by atoms with E-state index in [-0.39, 0.29) is 11.8 Å². The quantitative estimate of drug-likeness (QED) is 0.569. The molecule has 0 aromatic heterocycles. The third kappa shape index (κ3) is 5.75. The minimum atomic E-state index is 0.0837. The average molecular weight is 359 g/mol. The van der Waals surface area contributed by atoms with Crippen LogP contribution in [0.5, 0.6) is 0 Å². The number of anilines is 1. The van der Waals surface area contributed by atoms with Gasteiger partial charge in [0.2, 0.25) is 11.8 Å². The molecule has 0 atom stereocenters. The van der Waals surface area contributed by atoms with Crippen LogP contribution in [0, 0.1) is 0 Å². The molecule has 1 aliphatic heterocycles. The van der Waals surface area contributed by atoms with Crippen molar-refractivity contribution in [2.75, 3.05) is 38.6 Å². The molecule has 0 aliphatic carbocycles. The molecule has 1 fully saturated rings. The largest absolute Gasteiger partial charge is 0.357 e. The molecule has 142 valence electrons. The van der Waals surface area contributed by atoms with Crippen LogP contribution in [0.2, 0.25) is 0 Å². The number of rotatable bonds is 7. The van der Waals surface area contributed by atoms with Gasteiger partial charge in [0.25, 0.3) is 0 Å². The highest BCUT2D eigenvalue weighted by Gasteiger charge is 2.21. The molecule has 2 rings (SSSR count). The number of nitrogens with zero attached hydrogens (tertiary/aromatic N) is 3. The molecule has 0 bridgehead atoms. The van der Waals surface area contributed by atoms with Crippen LogP contribution in [0.3, 0.4) is 0 Å². The molecule has 0 saturated carbocycles. The molecule has 1 heterocycles. The van der Waals surface area contributed by atoms with Crippen LogP contribution in [0.4, 0.5) is 5.69 Å². The molecule has 0 radical (unpaired) electrons. The third-order valence-electron chi connectivity index (χ3n) is 4.22. The zero-order chi connectivity index (χ0) is 18.9. The van der Waals surface area contributed by atoms with Crippen LogP contribution in [0.25, 0.3) is 0 Å². The zero-order valence-corrected chi connectivity index (χ0v) is 15.9. The van der Waals surface area contributed by atoms with E-state index < -0.39 is 0 Å². The minimum Gasteiger partial charge on any atom is -0.357 e. The molecule has 1 saturated heterocycles. The van der Waals surface area contributed by atoms with Crippen LogP contribution in [0.15, 0.2) is 29.3 Å². The van der Waals surface area contributed by atoms with Crippen molar-refractivity contribution < 1.29 is 9.59 Å². The Balaban J connectivity index is 1.89. The second-order valence-electron chi connectivity index (χ2n) is 6.48. The van der Waals surface area contributed by atoms with E-state index in [4.69, 9.17) is 0 Å². The molecule has 0 unspecified atom stereocenters. The number of carbonyl (C=O) groups is 2. The van der Waals surface area contributed by atoms with Crippen molar-refractivity contribution in [2.24, 2.45) is 4.99 Å². The minimum absolute atomic E-state index is 0.0837. The summed E-state index contributed by atoms with van der Waals surface area (Å²) >= 11 is 0. The lowest BCUT2D eigenvalue weighted by Crippen LogP contribution is -2.39. The maximum atomic E-state index is 11.8. The molecule has 7 nitrogen and oxygen atoms in total. The maximum absolute atomic E-state index is 11.8. The predicted octanol–water partition coefficient (Wildman–Crippen LogP) is 1.35. The monoisotopic (exact) mass is 359 g/mol. The predicted molar refractivity (Wildman–Crippen MR) is 104 cm³/mol. The van der Waals surface area contributed by atoms with Gasteiger partial charge in [0.1, 0.15) is 0 Å². The van der Waals surface area contributed by atoms with Gasteiger partial charge in [-0.1, -0.05) is 12.1 Å². The lowest BCUT2D eigenvalue weighted by molar-refractivity contribution is -0.128. The van der Waals surface area contributed by atoms with E-state index in [0.717, 1.165) is 30.8 Å². The van der Waals surface area contributed by atoms with Crippen LogP contribution in [-0.2, 0) is 16.1 Å². The highest BCUT2D eigenvalue weighted by Crippen LogP contribution is 2.21. The summed E-state index contributed by atoms with van der Waals surface area (Å²) in [7, 11) is 3.50. The van der Waals surface area contributed by atoms with Crippen molar-refractivity contribution in [1.29, 1.82) is 0 Å². The van der Waals surface area contributed by atoms with Crippen molar-refractivity contribution in [2.45, 2.75) is 32.7 Å². The number of amides is 2. The molecule has 1 aromatic carbocycles. The topological polar surface area (TPSA) is 77.0 Å². The van der Waals surface area contributed by atoms with Crippen molar-refractivity contribution in [3.63, 3.8) is 0 Å². The highest BCUT2D eigenvalue weighted by molar-refractivity contribution is 5.95. The number of benzene rings is 1. The van der Waals surface area contributed by atoms with E-state index in [1.165, 1.54) is 0 Å². The second kappa shape index (κ2) is 9.79. The van der Waals surface area contributed by atoms with Gasteiger partial charge in [0.05, 0.1) is 6.54 Å². The average Bonchev–Trinajstić information content (AvgIpc) is 3.06. The van der Waals surface area contributed by atoms with Crippen LogP contribution >= 0.6 is 0 Å². The summed E-state index contributed by atoms with van der Waals surface area (Å²) in [5.74, 6) is 0.972. The number of nitrogens with one attached hydrogen (secondary N) is 2. The first kappa shape index (κ1) is 19.8. The van der Waals surface area contributed by atoms with Crippen molar-refractivity contribution in [1.82, 2.24) is 15.5 Å². The highest BCUT2D eigenvalue weighted by atomic mass is 16.2. The van der Waals surface area contributed by atoms with Crippen molar-refractivity contribution in [3.8, 4) is 0 Å². The van der Waals surface area contributed by atoms with Crippen LogP contribution in [0.1, 0.15) is 31.7 Å². The Labute approximate surface area is 155 Å².